The normalized spacial score (nSPS) is 38.0. The lowest BCUT2D eigenvalue weighted by Crippen LogP contribution is -2.45. The molecule has 6 bridgehead atoms. The molecule has 6 heterocycles. The van der Waals surface area contributed by atoms with Gasteiger partial charge in [0.2, 0.25) is 0 Å². The molecule has 9 rings (SSSR count). The first-order chi connectivity index (χ1) is 25.7. The zero-order valence-corrected chi connectivity index (χ0v) is 31.3. The molecule has 0 aromatic rings. The van der Waals surface area contributed by atoms with Crippen LogP contribution in [0.5, 0.6) is 0 Å². The maximum absolute atomic E-state index is 12.8. The first kappa shape index (κ1) is 37.2. The van der Waals surface area contributed by atoms with Crippen molar-refractivity contribution in [3.8, 4) is 0 Å². The van der Waals surface area contributed by atoms with E-state index in [1.807, 2.05) is 0 Å². The summed E-state index contributed by atoms with van der Waals surface area (Å²) in [6, 6.07) is 0. The number of carbonyl (C=O) groups is 4. The molecule has 9 atom stereocenters. The number of hydrogen-bond donors (Lipinski definition) is 0. The van der Waals surface area contributed by atoms with Gasteiger partial charge in [-0.3, -0.25) is 0 Å². The number of ether oxygens (including phenoxy) is 7. The minimum Gasteiger partial charge on any atom is -0.466 e. The number of carbonyl (C=O) groups excluding carboxylic acids is 4. The lowest BCUT2D eigenvalue weighted by atomic mass is 9.75. The first-order valence-corrected chi connectivity index (χ1v) is 20.8. The van der Waals surface area contributed by atoms with Crippen molar-refractivity contribution in [2.75, 3.05) is 7.11 Å². The predicted octanol–water partition coefficient (Wildman–Crippen LogP) is 6.53. The summed E-state index contributed by atoms with van der Waals surface area (Å²) in [5, 5.41) is 0. The zero-order chi connectivity index (χ0) is 36.6. The van der Waals surface area contributed by atoms with Crippen LogP contribution in [0.4, 0.5) is 0 Å². The fourth-order valence-electron chi connectivity index (χ4n) is 12.2. The van der Waals surface area contributed by atoms with Crippen molar-refractivity contribution < 1.29 is 52.3 Å². The second kappa shape index (κ2) is 15.4. The second-order valence-electron chi connectivity index (χ2n) is 17.4. The Bertz CT molecular complexity index is 1370. The molecule has 0 aromatic heterocycles. The summed E-state index contributed by atoms with van der Waals surface area (Å²) in [5.41, 5.74) is -1.23. The molecule has 11 heteroatoms. The molecule has 11 nitrogen and oxygen atoms in total. The number of methoxy groups -OCH3 is 1. The van der Waals surface area contributed by atoms with Crippen molar-refractivity contribution in [3.63, 3.8) is 0 Å². The third-order valence-electron chi connectivity index (χ3n) is 14.5. The molecule has 0 radical (unpaired) electrons. The Morgan fingerprint density at radius 2 is 0.736 bits per heavy atom. The van der Waals surface area contributed by atoms with Crippen LogP contribution in [0, 0.1) is 17.8 Å². The largest absolute Gasteiger partial charge is 0.466 e. The molecule has 0 spiro atoms. The first-order valence-electron chi connectivity index (χ1n) is 20.8. The van der Waals surface area contributed by atoms with Crippen molar-refractivity contribution in [2.24, 2.45) is 17.8 Å². The molecule has 0 aromatic carbocycles. The van der Waals surface area contributed by atoms with E-state index in [1.54, 1.807) is 0 Å². The van der Waals surface area contributed by atoms with E-state index < -0.39 is 40.7 Å². The highest BCUT2D eigenvalue weighted by Gasteiger charge is 2.57. The van der Waals surface area contributed by atoms with Gasteiger partial charge in [-0.2, -0.15) is 0 Å². The number of fused-ring (bicyclic) bond motifs is 6. The lowest BCUT2D eigenvalue weighted by Gasteiger charge is -2.38. The van der Waals surface area contributed by atoms with Gasteiger partial charge >= 0.3 is 23.9 Å². The van der Waals surface area contributed by atoms with Gasteiger partial charge in [0.1, 0.15) is 16.8 Å². The van der Waals surface area contributed by atoms with E-state index >= 15 is 0 Å². The molecule has 0 N–H and O–H groups in total. The Hall–Kier alpha value is -2.76. The van der Waals surface area contributed by atoms with E-state index in [2.05, 4.69) is 4.74 Å². The molecular weight excluding hydrogens is 680 g/mol. The molecule has 6 saturated heterocycles. The maximum atomic E-state index is 12.8. The molecule has 292 valence electrons. The number of rotatable bonds is 10. The van der Waals surface area contributed by atoms with Gasteiger partial charge in [-0.1, -0.05) is 0 Å². The van der Waals surface area contributed by atoms with Gasteiger partial charge in [0.15, 0.2) is 0 Å². The Balaban J connectivity index is 0.000000165. The van der Waals surface area contributed by atoms with Crippen LogP contribution in [0.25, 0.3) is 0 Å². The SMILES string of the molecule is COC(=O)/C=C\C(=O)OC1(C2CC3CCC2O3)CCCC1.O=C(/C=C\C(=O)OC1(C2CC3CCC2O3)CCCC1)OC1(C2CC3CCC2O3)CCCC1. The van der Waals surface area contributed by atoms with Crippen molar-refractivity contribution in [1.82, 2.24) is 0 Å². The van der Waals surface area contributed by atoms with Gasteiger partial charge in [0.25, 0.3) is 0 Å². The highest BCUT2D eigenvalue weighted by Crippen LogP contribution is 2.54. The van der Waals surface area contributed by atoms with Crippen LogP contribution >= 0.6 is 0 Å². The smallest absolute Gasteiger partial charge is 0.331 e. The quantitative estimate of drug-likeness (QED) is 0.138. The average molecular weight is 739 g/mol. The lowest BCUT2D eigenvalue weighted by molar-refractivity contribution is -0.165. The van der Waals surface area contributed by atoms with Gasteiger partial charge in [0.05, 0.1) is 43.7 Å². The van der Waals surface area contributed by atoms with E-state index in [0.717, 1.165) is 141 Å². The molecule has 9 aliphatic rings. The molecule has 9 unspecified atom stereocenters. The van der Waals surface area contributed by atoms with Crippen LogP contribution in [0.3, 0.4) is 0 Å². The van der Waals surface area contributed by atoms with Crippen molar-refractivity contribution in [2.45, 2.75) is 188 Å². The van der Waals surface area contributed by atoms with Crippen LogP contribution < -0.4 is 0 Å². The fraction of sp³-hybridized carbons (Fsp3) is 0.810. The topological polar surface area (TPSA) is 133 Å². The summed E-state index contributed by atoms with van der Waals surface area (Å²) < 4.78 is 40.5. The highest BCUT2D eigenvalue weighted by molar-refractivity contribution is 5.92. The van der Waals surface area contributed by atoms with E-state index in [1.165, 1.54) is 25.3 Å². The Labute approximate surface area is 313 Å². The van der Waals surface area contributed by atoms with Gasteiger partial charge in [-0.15, -0.1) is 0 Å². The summed E-state index contributed by atoms with van der Waals surface area (Å²) in [5.74, 6) is -0.930. The van der Waals surface area contributed by atoms with Gasteiger partial charge < -0.3 is 33.2 Å². The van der Waals surface area contributed by atoms with Crippen molar-refractivity contribution >= 4 is 23.9 Å². The molecule has 53 heavy (non-hydrogen) atoms. The zero-order valence-electron chi connectivity index (χ0n) is 31.3. The highest BCUT2D eigenvalue weighted by atomic mass is 16.6. The van der Waals surface area contributed by atoms with Crippen molar-refractivity contribution in [3.05, 3.63) is 24.3 Å². The van der Waals surface area contributed by atoms with Gasteiger partial charge in [0, 0.05) is 42.1 Å². The molecule has 9 fully saturated rings. The summed E-state index contributed by atoms with van der Waals surface area (Å²) in [4.78, 5) is 48.6. The molecule has 3 aliphatic carbocycles. The predicted molar refractivity (Wildman–Crippen MR) is 190 cm³/mol. The van der Waals surface area contributed by atoms with Crippen LogP contribution in [-0.4, -0.2) is 84.4 Å². The summed E-state index contributed by atoms with van der Waals surface area (Å²) >= 11 is 0. The standard InChI is InChI=1S/C26H36O6.C16H22O5/c27-23(31-25(11-1-2-12-25)19-15-17-5-7-21(19)29-17)9-10-24(28)32-26(13-3-4-14-26)20-16-18-6-8-22(20)30-18;1-19-14(17)6-7-15(18)21-16(8-2-3-9-16)12-10-11-4-5-13(12)20-11/h9-10,17-22H,1-8,11-16H2;6-7,11-13H,2-5,8-10H2,1H3/b10-9-;7-6-. The monoisotopic (exact) mass is 738 g/mol. The third kappa shape index (κ3) is 7.60. The molecule has 6 aliphatic heterocycles. The molecule has 3 saturated carbocycles. The molecule has 0 amide bonds. The van der Waals surface area contributed by atoms with Crippen LogP contribution in [-0.2, 0) is 52.3 Å². The number of hydrogen-bond acceptors (Lipinski definition) is 11. The Kier molecular flexibility index (Phi) is 10.8. The van der Waals surface area contributed by atoms with E-state index in [9.17, 15) is 19.2 Å². The fourth-order valence-corrected chi connectivity index (χ4v) is 12.2. The number of esters is 4. The van der Waals surface area contributed by atoms with Crippen LogP contribution in [0.15, 0.2) is 24.3 Å². The maximum Gasteiger partial charge on any atom is 0.331 e. The summed E-state index contributed by atoms with van der Waals surface area (Å²) in [7, 11) is 1.28. The van der Waals surface area contributed by atoms with E-state index in [0.29, 0.717) is 36.1 Å². The van der Waals surface area contributed by atoms with E-state index in [4.69, 9.17) is 28.4 Å². The summed E-state index contributed by atoms with van der Waals surface area (Å²) in [6.45, 7) is 0. The van der Waals surface area contributed by atoms with E-state index in [-0.39, 0.29) is 18.3 Å². The second-order valence-corrected chi connectivity index (χ2v) is 17.4. The minimum absolute atomic E-state index is 0.228. The minimum atomic E-state index is -0.546. The van der Waals surface area contributed by atoms with Crippen LogP contribution in [0.1, 0.15) is 135 Å². The molecular formula is C42H58O11. The average Bonchev–Trinajstić information content (AvgIpc) is 4.02. The van der Waals surface area contributed by atoms with Crippen LogP contribution in [0.2, 0.25) is 0 Å². The Morgan fingerprint density at radius 1 is 0.453 bits per heavy atom. The van der Waals surface area contributed by atoms with Crippen molar-refractivity contribution in [1.29, 1.82) is 0 Å². The Morgan fingerprint density at radius 3 is 0.962 bits per heavy atom. The van der Waals surface area contributed by atoms with Gasteiger partial charge in [-0.25, -0.2) is 19.2 Å². The van der Waals surface area contributed by atoms with Gasteiger partial charge in [-0.05, 0) is 135 Å². The summed E-state index contributed by atoms with van der Waals surface area (Å²) in [6.07, 6.45) is 28.1. The third-order valence-corrected chi connectivity index (χ3v) is 14.5.